The van der Waals surface area contributed by atoms with Crippen LogP contribution in [0.3, 0.4) is 0 Å². The van der Waals surface area contributed by atoms with Crippen molar-refractivity contribution in [1.29, 1.82) is 0 Å². The molecule has 0 fully saturated rings. The molecule has 5 atom stereocenters. The van der Waals surface area contributed by atoms with Crippen molar-refractivity contribution < 1.29 is 75.8 Å². The molecule has 0 aliphatic heterocycles. The monoisotopic (exact) mass is 1460 g/mol. The summed E-state index contributed by atoms with van der Waals surface area (Å²) in [5, 5.41) is 20.6. The Labute approximate surface area is 616 Å². The topological polar surface area (TPSA) is 231 Å². The highest BCUT2D eigenvalue weighted by Crippen LogP contribution is 2.45. The third-order valence-electron chi connectivity index (χ3n) is 17.3. The van der Waals surface area contributed by atoms with Crippen molar-refractivity contribution in [1.82, 2.24) is 0 Å². The maximum absolute atomic E-state index is 12.9. The molecular formula is C83H148O16P2. The lowest BCUT2D eigenvalue weighted by Crippen LogP contribution is -2.30. The number of carbonyl (C=O) groups excluding carboxylic acids is 3. The first kappa shape index (κ1) is 97.5. The molecule has 18 heteroatoms. The molecule has 0 aromatic carbocycles. The van der Waals surface area contributed by atoms with Crippen LogP contribution in [0.2, 0.25) is 0 Å². The number of hydrogen-bond donors (Lipinski definition) is 4. The second kappa shape index (κ2) is 76.1. The Morgan fingerprint density at radius 2 is 0.525 bits per heavy atom. The second-order valence-corrected chi connectivity index (χ2v) is 30.1. The number of ether oxygens (including phenoxy) is 3. The number of hydrogen-bond acceptors (Lipinski definition) is 14. The van der Waals surface area contributed by atoms with Crippen molar-refractivity contribution >= 4 is 33.6 Å². The number of aliphatic hydroxyl groups is 2. The van der Waals surface area contributed by atoms with Gasteiger partial charge in [0.15, 0.2) is 6.10 Å². The molecule has 0 aromatic heterocycles. The zero-order valence-electron chi connectivity index (χ0n) is 64.1. The number of phosphoric ester groups is 2. The summed E-state index contributed by atoms with van der Waals surface area (Å²) in [5.74, 6) is -1.58. The minimum atomic E-state index is -4.93. The number of unbranched alkanes of at least 4 members (excludes halogenated alkanes) is 38. The quantitative estimate of drug-likeness (QED) is 0.0146. The van der Waals surface area contributed by atoms with E-state index in [0.717, 1.165) is 135 Å². The Bertz CT molecular complexity index is 2220. The van der Waals surface area contributed by atoms with Crippen LogP contribution in [0.25, 0.3) is 0 Å². The largest absolute Gasteiger partial charge is 0.472 e. The summed E-state index contributed by atoms with van der Waals surface area (Å²) in [7, 11) is -9.78. The van der Waals surface area contributed by atoms with Gasteiger partial charge in [-0.25, -0.2) is 9.13 Å². The molecule has 586 valence electrons. The molecule has 0 radical (unpaired) electrons. The van der Waals surface area contributed by atoms with Gasteiger partial charge in [0.05, 0.1) is 26.4 Å². The number of phosphoric acid groups is 2. The Morgan fingerprint density at radius 1 is 0.287 bits per heavy atom. The van der Waals surface area contributed by atoms with Crippen LogP contribution in [-0.4, -0.2) is 95.9 Å². The van der Waals surface area contributed by atoms with Crippen LogP contribution in [0.5, 0.6) is 0 Å². The van der Waals surface area contributed by atoms with Crippen LogP contribution >= 0.6 is 15.6 Å². The standard InChI is InChI=1S/C83H148O16P2/c1-4-7-10-13-16-19-22-25-28-29-30-31-32-33-34-35-36-37-38-39-40-41-42-43-44-45-46-47-50-52-54-57-60-63-66-69-81(86)93-72-78(84)73-95-100(89,90)96-74-79(85)75-97-101(91,92)98-77-80(99-83(88)71-68-65-62-59-56-53-49-27-24-21-18-15-12-9-6-3)76-94-82(87)70-67-64-61-58-55-51-48-26-23-20-17-14-11-8-5-2/h7,10,16,19,25-28,30-31,33-34,36-37,48-49,78-80,84-85H,4-6,8-9,11-15,17-18,20-24,29,32,35,38-47,50-77H2,1-3H3,(H,89,90)(H,91,92)/b10-7-,19-16-,28-25-,31-30-,34-33-,37-36-,48-26-,49-27-. The minimum Gasteiger partial charge on any atom is -0.463 e. The fraction of sp³-hybridized carbons (Fsp3) is 0.771. The zero-order valence-corrected chi connectivity index (χ0v) is 65.9. The van der Waals surface area contributed by atoms with Crippen molar-refractivity contribution in [2.45, 2.75) is 373 Å². The lowest BCUT2D eigenvalue weighted by Gasteiger charge is -2.21. The molecule has 0 saturated heterocycles. The van der Waals surface area contributed by atoms with E-state index in [1.165, 1.54) is 161 Å². The van der Waals surface area contributed by atoms with Gasteiger partial charge in [-0.1, -0.05) is 311 Å². The van der Waals surface area contributed by atoms with Crippen LogP contribution < -0.4 is 0 Å². The van der Waals surface area contributed by atoms with Gasteiger partial charge in [0.1, 0.15) is 25.4 Å². The van der Waals surface area contributed by atoms with Crippen molar-refractivity contribution in [2.24, 2.45) is 0 Å². The van der Waals surface area contributed by atoms with Gasteiger partial charge in [-0.3, -0.25) is 32.5 Å². The fourth-order valence-corrected chi connectivity index (χ4v) is 12.7. The van der Waals surface area contributed by atoms with Crippen molar-refractivity contribution in [2.75, 3.05) is 39.6 Å². The van der Waals surface area contributed by atoms with Gasteiger partial charge in [-0.15, -0.1) is 0 Å². The van der Waals surface area contributed by atoms with Crippen LogP contribution in [0.4, 0.5) is 0 Å². The van der Waals surface area contributed by atoms with Gasteiger partial charge in [0.2, 0.25) is 0 Å². The highest BCUT2D eigenvalue weighted by molar-refractivity contribution is 7.47. The van der Waals surface area contributed by atoms with Gasteiger partial charge >= 0.3 is 33.6 Å². The third kappa shape index (κ3) is 77.4. The van der Waals surface area contributed by atoms with Gasteiger partial charge < -0.3 is 34.2 Å². The highest BCUT2D eigenvalue weighted by Gasteiger charge is 2.29. The van der Waals surface area contributed by atoms with Crippen LogP contribution in [-0.2, 0) is 55.8 Å². The molecule has 0 bridgehead atoms. The number of aliphatic hydroxyl groups excluding tert-OH is 2. The van der Waals surface area contributed by atoms with Gasteiger partial charge in [-0.05, 0) is 122 Å². The van der Waals surface area contributed by atoms with E-state index in [0.29, 0.717) is 19.3 Å². The first-order valence-corrected chi connectivity index (χ1v) is 43.5. The van der Waals surface area contributed by atoms with E-state index in [9.17, 15) is 43.5 Å². The van der Waals surface area contributed by atoms with Crippen LogP contribution in [0.15, 0.2) is 97.2 Å². The van der Waals surface area contributed by atoms with E-state index in [2.05, 4.69) is 118 Å². The Kier molecular flexibility index (Phi) is 73.5. The van der Waals surface area contributed by atoms with E-state index in [-0.39, 0.29) is 19.3 Å². The minimum absolute atomic E-state index is 0.0959. The Hall–Kier alpha value is -3.53. The second-order valence-electron chi connectivity index (χ2n) is 27.2. The number of carbonyl (C=O) groups is 3. The Balaban J connectivity index is 4.36. The van der Waals surface area contributed by atoms with Gasteiger partial charge in [0, 0.05) is 19.3 Å². The lowest BCUT2D eigenvalue weighted by molar-refractivity contribution is -0.161. The van der Waals surface area contributed by atoms with Gasteiger partial charge in [0.25, 0.3) is 0 Å². The predicted octanol–water partition coefficient (Wildman–Crippen LogP) is 23.8. The summed E-state index contributed by atoms with van der Waals surface area (Å²) in [6.45, 7) is 2.58. The first-order valence-electron chi connectivity index (χ1n) is 40.5. The molecular weight excluding hydrogens is 1310 g/mol. The molecule has 0 amide bonds. The van der Waals surface area contributed by atoms with E-state index in [4.69, 9.17) is 32.3 Å². The lowest BCUT2D eigenvalue weighted by atomic mass is 10.0. The molecule has 0 rings (SSSR count). The van der Waals surface area contributed by atoms with E-state index in [1.807, 2.05) is 0 Å². The molecule has 4 N–H and O–H groups in total. The van der Waals surface area contributed by atoms with Crippen molar-refractivity contribution in [3.8, 4) is 0 Å². The molecule has 0 aliphatic carbocycles. The summed E-state index contributed by atoms with van der Waals surface area (Å²) in [4.78, 5) is 58.6. The first-order chi connectivity index (χ1) is 49.2. The maximum Gasteiger partial charge on any atom is 0.472 e. The van der Waals surface area contributed by atoms with Gasteiger partial charge in [-0.2, -0.15) is 0 Å². The van der Waals surface area contributed by atoms with Crippen molar-refractivity contribution in [3.05, 3.63) is 97.2 Å². The smallest absolute Gasteiger partial charge is 0.463 e. The predicted molar refractivity (Wildman–Crippen MR) is 417 cm³/mol. The molecule has 0 saturated carbocycles. The molecule has 16 nitrogen and oxygen atoms in total. The summed E-state index contributed by atoms with van der Waals surface area (Å²) >= 11 is 0. The number of allylic oxidation sites excluding steroid dienone is 16. The molecule has 0 aliphatic rings. The van der Waals surface area contributed by atoms with Crippen LogP contribution in [0, 0.1) is 0 Å². The summed E-state index contributed by atoms with van der Waals surface area (Å²) in [6.07, 6.45) is 87.6. The molecule has 0 heterocycles. The number of rotatable bonds is 77. The highest BCUT2D eigenvalue weighted by atomic mass is 31.2. The molecule has 0 spiro atoms. The summed E-state index contributed by atoms with van der Waals surface area (Å²) in [6, 6.07) is 0. The van der Waals surface area contributed by atoms with E-state index >= 15 is 0 Å². The summed E-state index contributed by atoms with van der Waals surface area (Å²) in [5.41, 5.74) is 0. The van der Waals surface area contributed by atoms with Crippen LogP contribution in [0.1, 0.15) is 355 Å². The number of esters is 3. The molecule has 101 heavy (non-hydrogen) atoms. The van der Waals surface area contributed by atoms with Crippen molar-refractivity contribution in [3.63, 3.8) is 0 Å². The SMILES string of the molecule is CC/C=C\C/C=C\C/C=C\C/C=C\C/C=C\C/C=C\CCCCCCCCCCCCCCCCCCC(=O)OCC(O)COP(=O)(O)OCC(O)COP(=O)(O)OCC(COC(=O)CCCCCCC/C=C\CCCCCCCC)OC(=O)CCCCCCC/C=C\CCCCCCCC. The maximum atomic E-state index is 12.9. The third-order valence-corrected chi connectivity index (χ3v) is 19.2. The fourth-order valence-electron chi connectivity index (χ4n) is 11.1. The average Bonchev–Trinajstić information content (AvgIpc) is 1.74. The Morgan fingerprint density at radius 3 is 0.842 bits per heavy atom. The zero-order chi connectivity index (χ0) is 73.7. The average molecular weight is 1460 g/mol. The summed E-state index contributed by atoms with van der Waals surface area (Å²) < 4.78 is 61.1. The van der Waals surface area contributed by atoms with E-state index in [1.54, 1.807) is 0 Å². The molecule has 5 unspecified atom stereocenters. The molecule has 0 aromatic rings. The van der Waals surface area contributed by atoms with E-state index < -0.39 is 91.5 Å². The normalized spacial score (nSPS) is 14.5.